The summed E-state index contributed by atoms with van der Waals surface area (Å²) in [5, 5.41) is 0. The Morgan fingerprint density at radius 3 is 2.13 bits per heavy atom. The summed E-state index contributed by atoms with van der Waals surface area (Å²) < 4.78 is 22.1. The number of hydrogen-bond acceptors (Lipinski definition) is 2. The van der Waals surface area contributed by atoms with Crippen LogP contribution in [-0.4, -0.2) is 8.42 Å². The molecule has 0 saturated heterocycles. The smallest absolute Gasteiger partial charge is 0.168 e. The average molecular weight is 216 g/mol. The fourth-order valence-corrected chi connectivity index (χ4v) is 2.70. The van der Waals surface area contributed by atoms with Gasteiger partial charge in [-0.2, -0.15) is 0 Å². The Hall–Kier alpha value is -1.61. The van der Waals surface area contributed by atoms with Gasteiger partial charge in [-0.15, -0.1) is 0 Å². The van der Waals surface area contributed by atoms with Crippen molar-refractivity contribution in [3.8, 4) is 22.3 Å². The summed E-state index contributed by atoms with van der Waals surface area (Å²) in [6, 6.07) is 13.3. The first-order valence-electron chi connectivity index (χ1n) is 4.66. The summed E-state index contributed by atoms with van der Waals surface area (Å²) in [4.78, 5) is 0.432. The van der Waals surface area contributed by atoms with E-state index in [1.54, 1.807) is 12.1 Å². The van der Waals surface area contributed by atoms with Crippen molar-refractivity contribution in [2.24, 2.45) is 0 Å². The molecule has 0 bridgehead atoms. The minimum absolute atomic E-state index is 0.432. The molecule has 1 aliphatic carbocycles. The third-order valence-corrected chi connectivity index (χ3v) is 3.49. The van der Waals surface area contributed by atoms with E-state index in [-0.39, 0.29) is 0 Å². The maximum Gasteiger partial charge on any atom is 0.168 e. The van der Waals surface area contributed by atoms with E-state index in [1.807, 2.05) is 30.3 Å². The Labute approximate surface area is 89.1 Å². The fraction of sp³-hybridized carbons (Fsp3) is 0. The lowest BCUT2D eigenvalue weighted by Gasteiger charge is -2.24. The molecule has 3 rings (SSSR count). The first-order valence-corrected chi connectivity index (χ1v) is 5.84. The van der Waals surface area contributed by atoms with E-state index in [9.17, 15) is 8.42 Å². The topological polar surface area (TPSA) is 34.1 Å². The van der Waals surface area contributed by atoms with Crippen LogP contribution in [0.1, 0.15) is 0 Å². The van der Waals surface area contributed by atoms with E-state index < -0.39 is 10.7 Å². The highest BCUT2D eigenvalue weighted by atomic mass is 32.2. The van der Waals surface area contributed by atoms with Gasteiger partial charge in [0.15, 0.2) is 10.7 Å². The van der Waals surface area contributed by atoms with Gasteiger partial charge in [-0.1, -0.05) is 36.4 Å². The summed E-state index contributed by atoms with van der Waals surface area (Å²) in [6.07, 6.45) is 0. The number of fused-ring (bicyclic) bond motifs is 4. The van der Waals surface area contributed by atoms with Gasteiger partial charge < -0.3 is 0 Å². The predicted octanol–water partition coefficient (Wildman–Crippen LogP) is 2.30. The van der Waals surface area contributed by atoms with Crippen LogP contribution in [0.2, 0.25) is 0 Å². The van der Waals surface area contributed by atoms with Crippen LogP contribution in [-0.2, 0) is 10.7 Å². The van der Waals surface area contributed by atoms with Gasteiger partial charge in [0.2, 0.25) is 0 Å². The maximum atomic E-state index is 11.1. The lowest BCUT2D eigenvalue weighted by atomic mass is 9.81. The van der Waals surface area contributed by atoms with E-state index in [0.29, 0.717) is 4.90 Å². The summed E-state index contributed by atoms with van der Waals surface area (Å²) >= 11 is 0. The molecule has 2 nitrogen and oxygen atoms in total. The molecule has 74 valence electrons. The fourth-order valence-electron chi connectivity index (χ4n) is 2.07. The summed E-state index contributed by atoms with van der Waals surface area (Å²) in [5.41, 5.74) is 4.11. The molecule has 1 aliphatic rings. The van der Waals surface area contributed by atoms with Gasteiger partial charge in [-0.05, 0) is 22.8 Å². The van der Waals surface area contributed by atoms with Gasteiger partial charge in [0, 0.05) is 5.56 Å². The monoisotopic (exact) mass is 216 g/mol. The Kier molecular flexibility index (Phi) is 1.70. The summed E-state index contributed by atoms with van der Waals surface area (Å²) in [6.45, 7) is 0. The van der Waals surface area contributed by atoms with E-state index in [2.05, 4.69) is 0 Å². The molecule has 0 heterocycles. The lowest BCUT2D eigenvalue weighted by Crippen LogP contribution is -2.01. The van der Waals surface area contributed by atoms with Crippen LogP contribution in [0, 0.1) is 0 Å². The molecular weight excluding hydrogens is 208 g/mol. The van der Waals surface area contributed by atoms with Gasteiger partial charge in [0.25, 0.3) is 0 Å². The van der Waals surface area contributed by atoms with E-state index in [0.717, 1.165) is 22.3 Å². The molecule has 0 N–H and O–H groups in total. The van der Waals surface area contributed by atoms with Crippen LogP contribution in [0.5, 0.6) is 0 Å². The molecule has 2 aromatic rings. The molecule has 3 heteroatoms. The van der Waals surface area contributed by atoms with Crippen molar-refractivity contribution in [2.75, 3.05) is 0 Å². The summed E-state index contributed by atoms with van der Waals surface area (Å²) in [5.74, 6) is 0. The van der Waals surface area contributed by atoms with Crippen molar-refractivity contribution in [2.45, 2.75) is 4.90 Å². The van der Waals surface area contributed by atoms with E-state index in [4.69, 9.17) is 0 Å². The van der Waals surface area contributed by atoms with E-state index >= 15 is 0 Å². The van der Waals surface area contributed by atoms with Crippen LogP contribution in [0.4, 0.5) is 0 Å². The average Bonchev–Trinajstić information content (AvgIpc) is 2.24. The molecule has 0 unspecified atom stereocenters. The van der Waals surface area contributed by atoms with Crippen molar-refractivity contribution in [1.82, 2.24) is 0 Å². The zero-order valence-corrected chi connectivity index (χ0v) is 8.70. The molecule has 0 saturated carbocycles. The van der Waals surface area contributed by atoms with Gasteiger partial charge >= 0.3 is 0 Å². The Morgan fingerprint density at radius 1 is 0.733 bits per heavy atom. The quantitative estimate of drug-likeness (QED) is 0.633. The SMILES string of the molecule is O=[SH](=O)c1cccc2c1-c1ccccc1-2. The minimum Gasteiger partial charge on any atom is -0.227 e. The van der Waals surface area contributed by atoms with Crippen molar-refractivity contribution >= 4 is 10.7 Å². The van der Waals surface area contributed by atoms with Crippen LogP contribution in [0.15, 0.2) is 47.4 Å². The van der Waals surface area contributed by atoms with Crippen LogP contribution in [0.3, 0.4) is 0 Å². The Morgan fingerprint density at radius 2 is 1.40 bits per heavy atom. The highest BCUT2D eigenvalue weighted by Crippen LogP contribution is 2.48. The number of rotatable bonds is 1. The largest absolute Gasteiger partial charge is 0.227 e. The zero-order chi connectivity index (χ0) is 10.4. The standard InChI is InChI=1S/C12H8O2S/c13-15(14)11-7-3-6-10-8-4-1-2-5-9(8)12(10)11/h1-7,15H. The van der Waals surface area contributed by atoms with Gasteiger partial charge in [-0.3, -0.25) is 0 Å². The van der Waals surface area contributed by atoms with Crippen LogP contribution in [0.25, 0.3) is 22.3 Å². The molecule has 0 spiro atoms. The van der Waals surface area contributed by atoms with Crippen molar-refractivity contribution in [3.05, 3.63) is 42.5 Å². The van der Waals surface area contributed by atoms with Crippen LogP contribution >= 0.6 is 0 Å². The number of thiol groups is 1. The third kappa shape index (κ3) is 1.07. The second kappa shape index (κ2) is 2.94. The molecule has 15 heavy (non-hydrogen) atoms. The van der Waals surface area contributed by atoms with Crippen molar-refractivity contribution in [3.63, 3.8) is 0 Å². The molecular formula is C12H8O2S. The molecule has 2 aromatic carbocycles. The summed E-state index contributed by atoms with van der Waals surface area (Å²) in [7, 11) is -2.51. The van der Waals surface area contributed by atoms with Crippen molar-refractivity contribution < 1.29 is 8.42 Å². The minimum atomic E-state index is -2.51. The predicted molar refractivity (Wildman–Crippen MR) is 59.5 cm³/mol. The number of hydrogen-bond donors (Lipinski definition) is 1. The molecule has 0 atom stereocenters. The molecule has 0 fully saturated rings. The first kappa shape index (κ1) is 8.68. The molecule has 0 radical (unpaired) electrons. The van der Waals surface area contributed by atoms with Crippen LogP contribution < -0.4 is 0 Å². The molecule has 0 aliphatic heterocycles. The normalized spacial score (nSPS) is 11.8. The van der Waals surface area contributed by atoms with Gasteiger partial charge in [-0.25, -0.2) is 8.42 Å². The Balaban J connectivity index is 2.34. The van der Waals surface area contributed by atoms with E-state index in [1.165, 1.54) is 0 Å². The second-order valence-corrected chi connectivity index (χ2v) is 4.50. The maximum absolute atomic E-state index is 11.1. The highest BCUT2D eigenvalue weighted by Gasteiger charge is 2.24. The molecule has 0 amide bonds. The highest BCUT2D eigenvalue weighted by molar-refractivity contribution is 7.72. The zero-order valence-electron chi connectivity index (χ0n) is 7.81. The second-order valence-electron chi connectivity index (χ2n) is 3.50. The lowest BCUT2D eigenvalue weighted by molar-refractivity contribution is 0.615. The van der Waals surface area contributed by atoms with Gasteiger partial charge in [0.05, 0.1) is 4.90 Å². The Bertz CT molecular complexity index is 619. The third-order valence-electron chi connectivity index (χ3n) is 2.73. The van der Waals surface area contributed by atoms with Crippen molar-refractivity contribution in [1.29, 1.82) is 0 Å². The molecule has 0 aromatic heterocycles. The van der Waals surface area contributed by atoms with Gasteiger partial charge in [0.1, 0.15) is 0 Å². The number of benzene rings is 2. The first-order chi connectivity index (χ1) is 7.29.